The van der Waals surface area contributed by atoms with Gasteiger partial charge in [0.25, 0.3) is 0 Å². The summed E-state index contributed by atoms with van der Waals surface area (Å²) in [4.78, 5) is 9.29. The molecule has 1 aliphatic heterocycles. The van der Waals surface area contributed by atoms with Gasteiger partial charge in [-0.15, -0.1) is 11.3 Å². The summed E-state index contributed by atoms with van der Waals surface area (Å²) >= 11 is 14.4. The highest BCUT2D eigenvalue weighted by Gasteiger charge is 2.15. The number of rotatable bonds is 7. The van der Waals surface area contributed by atoms with Gasteiger partial charge in [0.15, 0.2) is 0 Å². The van der Waals surface area contributed by atoms with Crippen molar-refractivity contribution in [2.45, 2.75) is 0 Å². The normalized spacial score (nSPS) is 14.2. The van der Waals surface area contributed by atoms with Gasteiger partial charge in [0.2, 0.25) is 0 Å². The number of morpholine rings is 1. The molecule has 1 fully saturated rings. The molecule has 0 aliphatic carbocycles. The number of thiophene rings is 1. The minimum Gasteiger partial charge on any atom is -0.495 e. The maximum atomic E-state index is 9.74. The quantitative estimate of drug-likeness (QED) is 0.261. The Kier molecular flexibility index (Phi) is 7.94. The number of anilines is 2. The Bertz CT molecular complexity index is 1510. The van der Waals surface area contributed by atoms with E-state index in [0.29, 0.717) is 32.7 Å². The van der Waals surface area contributed by atoms with Crippen molar-refractivity contribution in [2.75, 3.05) is 45.3 Å². The third-order valence-corrected chi connectivity index (χ3v) is 7.86. The van der Waals surface area contributed by atoms with Gasteiger partial charge in [-0.1, -0.05) is 41.4 Å². The van der Waals surface area contributed by atoms with Gasteiger partial charge < -0.3 is 14.8 Å². The Labute approximate surface area is 229 Å². The number of hydrogen-bond donors (Lipinski definition) is 1. The van der Waals surface area contributed by atoms with E-state index in [1.807, 2.05) is 18.2 Å². The maximum absolute atomic E-state index is 9.74. The number of fused-ring (bicyclic) bond motifs is 1. The first-order valence-electron chi connectivity index (χ1n) is 11.8. The average Bonchev–Trinajstić information content (AvgIpc) is 3.39. The van der Waals surface area contributed by atoms with Crippen LogP contribution >= 0.6 is 34.5 Å². The van der Waals surface area contributed by atoms with E-state index in [0.717, 1.165) is 54.2 Å². The van der Waals surface area contributed by atoms with E-state index in [4.69, 9.17) is 32.7 Å². The fourth-order valence-corrected chi connectivity index (χ4v) is 5.62. The Morgan fingerprint density at radius 1 is 1.16 bits per heavy atom. The minimum absolute atomic E-state index is 0.411. The van der Waals surface area contributed by atoms with E-state index < -0.39 is 0 Å². The predicted octanol–water partition coefficient (Wildman–Crippen LogP) is 7.24. The van der Waals surface area contributed by atoms with Crippen LogP contribution in [0.4, 0.5) is 11.4 Å². The van der Waals surface area contributed by atoms with E-state index in [2.05, 4.69) is 45.6 Å². The molecule has 1 saturated heterocycles. The lowest BCUT2D eigenvalue weighted by Crippen LogP contribution is -2.36. The number of halogens is 2. The Morgan fingerprint density at radius 2 is 2.00 bits per heavy atom. The van der Waals surface area contributed by atoms with Crippen LogP contribution in [-0.4, -0.2) is 49.8 Å². The average molecular weight is 551 g/mol. The van der Waals surface area contributed by atoms with Crippen LogP contribution < -0.4 is 10.1 Å². The fourth-order valence-electron chi connectivity index (χ4n) is 4.18. The van der Waals surface area contributed by atoms with Crippen molar-refractivity contribution in [3.63, 3.8) is 0 Å². The van der Waals surface area contributed by atoms with Gasteiger partial charge in [0, 0.05) is 47.0 Å². The van der Waals surface area contributed by atoms with Gasteiger partial charge in [-0.25, -0.2) is 0 Å². The molecule has 0 saturated carbocycles. The number of aromatic nitrogens is 1. The van der Waals surface area contributed by atoms with Gasteiger partial charge >= 0.3 is 0 Å². The van der Waals surface area contributed by atoms with E-state index in [-0.39, 0.29) is 0 Å². The summed E-state index contributed by atoms with van der Waals surface area (Å²) in [6.07, 6.45) is 5.96. The van der Waals surface area contributed by atoms with Crippen molar-refractivity contribution in [3.05, 3.63) is 75.2 Å². The van der Waals surface area contributed by atoms with Crippen molar-refractivity contribution >= 4 is 62.9 Å². The summed E-state index contributed by atoms with van der Waals surface area (Å²) in [5.41, 5.74) is 3.47. The Hall–Kier alpha value is -3.12. The number of benzene rings is 2. The lowest BCUT2D eigenvalue weighted by Gasteiger charge is -2.25. The number of hydrogen-bond acceptors (Lipinski definition) is 7. The highest BCUT2D eigenvalue weighted by atomic mass is 35.5. The molecule has 188 valence electrons. The number of pyridine rings is 1. The van der Waals surface area contributed by atoms with Gasteiger partial charge in [0.1, 0.15) is 11.8 Å². The van der Waals surface area contributed by atoms with E-state index in [1.54, 1.807) is 36.8 Å². The van der Waals surface area contributed by atoms with Crippen LogP contribution in [0.3, 0.4) is 0 Å². The smallest absolute Gasteiger partial charge is 0.139 e. The van der Waals surface area contributed by atoms with Crippen LogP contribution in [0.25, 0.3) is 27.4 Å². The zero-order chi connectivity index (χ0) is 25.8. The third-order valence-electron chi connectivity index (χ3n) is 6.15. The van der Waals surface area contributed by atoms with Crippen LogP contribution in [0, 0.1) is 11.3 Å². The molecule has 5 rings (SSSR count). The van der Waals surface area contributed by atoms with Crippen LogP contribution in [0.15, 0.2) is 54.7 Å². The van der Waals surface area contributed by atoms with Gasteiger partial charge in [-0.05, 0) is 35.9 Å². The minimum atomic E-state index is 0.411. The summed E-state index contributed by atoms with van der Waals surface area (Å²) in [6, 6.07) is 15.9. The molecule has 1 N–H and O–H groups in total. The Balaban J connectivity index is 1.41. The van der Waals surface area contributed by atoms with Crippen molar-refractivity contribution in [2.24, 2.45) is 0 Å². The SMILES string of the molecule is COc1cc(Nc2c(C#N)cnc3cc(-c4ccc(/C=C/CN5CCOCC5)s4)ccc23)c(Cl)cc1Cl. The molecule has 0 radical (unpaired) electrons. The molecule has 4 aromatic rings. The van der Waals surface area contributed by atoms with E-state index in [1.165, 1.54) is 4.88 Å². The maximum Gasteiger partial charge on any atom is 0.139 e. The van der Waals surface area contributed by atoms with Crippen LogP contribution in [0.1, 0.15) is 10.4 Å². The molecule has 0 unspecified atom stereocenters. The molecule has 37 heavy (non-hydrogen) atoms. The molecule has 2 aromatic carbocycles. The van der Waals surface area contributed by atoms with E-state index in [9.17, 15) is 5.26 Å². The molecule has 9 heteroatoms. The fraction of sp³-hybridized carbons (Fsp3) is 0.214. The number of nitrogens with zero attached hydrogens (tertiary/aromatic N) is 3. The lowest BCUT2D eigenvalue weighted by atomic mass is 10.1. The first-order valence-corrected chi connectivity index (χ1v) is 13.3. The molecule has 0 spiro atoms. The summed E-state index contributed by atoms with van der Waals surface area (Å²) < 4.78 is 10.7. The van der Waals surface area contributed by atoms with Crippen molar-refractivity contribution < 1.29 is 9.47 Å². The summed E-state index contributed by atoms with van der Waals surface area (Å²) in [7, 11) is 1.54. The third kappa shape index (κ3) is 5.74. The van der Waals surface area contributed by atoms with Gasteiger partial charge in [-0.2, -0.15) is 5.26 Å². The first-order chi connectivity index (χ1) is 18.1. The lowest BCUT2D eigenvalue weighted by molar-refractivity contribution is 0.0435. The number of nitrogens with one attached hydrogen (secondary N) is 1. The Morgan fingerprint density at radius 3 is 2.78 bits per heavy atom. The second-order valence-corrected chi connectivity index (χ2v) is 10.4. The molecule has 0 bridgehead atoms. The number of nitriles is 1. The highest BCUT2D eigenvalue weighted by Crippen LogP contribution is 2.39. The molecule has 0 amide bonds. The number of methoxy groups -OCH3 is 1. The number of ether oxygens (including phenoxy) is 2. The molecular formula is C28H24Cl2N4O2S. The zero-order valence-electron chi connectivity index (χ0n) is 20.1. The zero-order valence-corrected chi connectivity index (χ0v) is 22.5. The van der Waals surface area contributed by atoms with Crippen molar-refractivity contribution in [3.8, 4) is 22.3 Å². The summed E-state index contributed by atoms with van der Waals surface area (Å²) in [5, 5.41) is 14.7. The molecule has 6 nitrogen and oxygen atoms in total. The topological polar surface area (TPSA) is 70.4 Å². The molecular weight excluding hydrogens is 527 g/mol. The molecule has 2 aromatic heterocycles. The summed E-state index contributed by atoms with van der Waals surface area (Å²) in [5.74, 6) is 0.486. The molecule has 0 atom stereocenters. The highest BCUT2D eigenvalue weighted by molar-refractivity contribution is 7.16. The second-order valence-electron chi connectivity index (χ2n) is 8.50. The van der Waals surface area contributed by atoms with Crippen molar-refractivity contribution in [1.82, 2.24) is 9.88 Å². The monoisotopic (exact) mass is 550 g/mol. The first kappa shape index (κ1) is 25.5. The predicted molar refractivity (Wildman–Crippen MR) is 152 cm³/mol. The van der Waals surface area contributed by atoms with Crippen LogP contribution in [0.2, 0.25) is 10.0 Å². The molecule has 3 heterocycles. The van der Waals surface area contributed by atoms with Crippen LogP contribution in [-0.2, 0) is 4.74 Å². The largest absolute Gasteiger partial charge is 0.495 e. The standard InChI is InChI=1S/C28H24Cl2N4O2S/c1-35-26-15-25(22(29)14-23(26)30)33-28-19(16-31)17-32-24-13-18(4-6-21(24)28)27-7-5-20(37-27)3-2-8-34-9-11-36-12-10-34/h2-7,13-15,17H,8-12H2,1H3,(H,32,33)/b3-2+. The van der Waals surface area contributed by atoms with E-state index >= 15 is 0 Å². The van der Waals surface area contributed by atoms with Crippen molar-refractivity contribution in [1.29, 1.82) is 5.26 Å². The molecule has 1 aliphatic rings. The van der Waals surface area contributed by atoms with Gasteiger partial charge in [-0.3, -0.25) is 9.88 Å². The van der Waals surface area contributed by atoms with Crippen LogP contribution in [0.5, 0.6) is 5.75 Å². The van der Waals surface area contributed by atoms with Gasteiger partial charge in [0.05, 0.1) is 52.8 Å². The second kappa shape index (κ2) is 11.5. The summed E-state index contributed by atoms with van der Waals surface area (Å²) in [6.45, 7) is 4.50.